The summed E-state index contributed by atoms with van der Waals surface area (Å²) in [5.74, 6) is 0. The molecule has 0 saturated heterocycles. The number of anilines is 1. The highest BCUT2D eigenvalue weighted by Crippen LogP contribution is 2.11. The standard InChI is InChI=1S/C11H17NO/c1-3-10(8-13)12-11-6-4-5-9(2)7-11/h4-7,10,12-13H,3,8H2,1-2H3. The Kier molecular flexibility index (Phi) is 3.77. The summed E-state index contributed by atoms with van der Waals surface area (Å²) in [5, 5.41) is 12.3. The summed E-state index contributed by atoms with van der Waals surface area (Å²) in [6.45, 7) is 4.30. The fourth-order valence-electron chi connectivity index (χ4n) is 1.25. The quantitative estimate of drug-likeness (QED) is 0.742. The second kappa shape index (κ2) is 4.87. The first-order valence-corrected chi connectivity index (χ1v) is 4.70. The van der Waals surface area contributed by atoms with Crippen molar-refractivity contribution in [2.24, 2.45) is 0 Å². The third kappa shape index (κ3) is 3.07. The van der Waals surface area contributed by atoms with Crippen LogP contribution in [0, 0.1) is 6.92 Å². The van der Waals surface area contributed by atoms with Crippen LogP contribution in [-0.2, 0) is 0 Å². The normalized spacial score (nSPS) is 12.5. The maximum absolute atomic E-state index is 8.99. The Morgan fingerprint density at radius 1 is 1.46 bits per heavy atom. The number of hydrogen-bond acceptors (Lipinski definition) is 2. The molecular weight excluding hydrogens is 162 g/mol. The van der Waals surface area contributed by atoms with E-state index in [0.29, 0.717) is 0 Å². The van der Waals surface area contributed by atoms with E-state index in [2.05, 4.69) is 31.3 Å². The molecule has 0 fully saturated rings. The maximum atomic E-state index is 8.99. The highest BCUT2D eigenvalue weighted by molar-refractivity contribution is 5.46. The first-order chi connectivity index (χ1) is 6.26. The van der Waals surface area contributed by atoms with E-state index in [1.165, 1.54) is 5.56 Å². The van der Waals surface area contributed by atoms with E-state index in [4.69, 9.17) is 5.11 Å². The van der Waals surface area contributed by atoms with Gasteiger partial charge in [-0.3, -0.25) is 0 Å². The molecule has 1 aromatic carbocycles. The molecule has 0 saturated carbocycles. The van der Waals surface area contributed by atoms with E-state index in [1.54, 1.807) is 0 Å². The second-order valence-corrected chi connectivity index (χ2v) is 3.30. The number of aliphatic hydroxyl groups is 1. The lowest BCUT2D eigenvalue weighted by Crippen LogP contribution is -2.22. The molecule has 0 aromatic heterocycles. The first kappa shape index (κ1) is 10.1. The highest BCUT2D eigenvalue weighted by atomic mass is 16.3. The molecule has 0 aliphatic rings. The van der Waals surface area contributed by atoms with Crippen LogP contribution >= 0.6 is 0 Å². The molecule has 1 aromatic rings. The van der Waals surface area contributed by atoms with Crippen LogP contribution in [-0.4, -0.2) is 17.8 Å². The average Bonchev–Trinajstić information content (AvgIpc) is 2.14. The molecule has 2 heteroatoms. The summed E-state index contributed by atoms with van der Waals surface area (Å²) in [5.41, 5.74) is 2.32. The van der Waals surface area contributed by atoms with Gasteiger partial charge >= 0.3 is 0 Å². The molecule has 1 atom stereocenters. The summed E-state index contributed by atoms with van der Waals surface area (Å²) >= 11 is 0. The molecule has 0 heterocycles. The van der Waals surface area contributed by atoms with Gasteiger partial charge in [-0.05, 0) is 31.0 Å². The van der Waals surface area contributed by atoms with E-state index < -0.39 is 0 Å². The fourth-order valence-corrected chi connectivity index (χ4v) is 1.25. The van der Waals surface area contributed by atoms with Crippen molar-refractivity contribution in [3.8, 4) is 0 Å². The molecule has 0 amide bonds. The fraction of sp³-hybridized carbons (Fsp3) is 0.455. The number of benzene rings is 1. The van der Waals surface area contributed by atoms with Gasteiger partial charge in [-0.15, -0.1) is 0 Å². The zero-order valence-electron chi connectivity index (χ0n) is 8.25. The molecule has 0 bridgehead atoms. The van der Waals surface area contributed by atoms with Crippen LogP contribution in [0.1, 0.15) is 18.9 Å². The summed E-state index contributed by atoms with van der Waals surface area (Å²) < 4.78 is 0. The van der Waals surface area contributed by atoms with E-state index in [1.807, 2.05) is 12.1 Å². The average molecular weight is 179 g/mol. The molecule has 0 spiro atoms. The van der Waals surface area contributed by atoms with Crippen molar-refractivity contribution in [2.75, 3.05) is 11.9 Å². The van der Waals surface area contributed by atoms with Gasteiger partial charge in [0, 0.05) is 11.7 Å². The van der Waals surface area contributed by atoms with Crippen molar-refractivity contribution in [2.45, 2.75) is 26.3 Å². The zero-order valence-corrected chi connectivity index (χ0v) is 8.25. The molecule has 1 rings (SSSR count). The van der Waals surface area contributed by atoms with E-state index in [9.17, 15) is 0 Å². The summed E-state index contributed by atoms with van der Waals surface area (Å²) in [6.07, 6.45) is 0.935. The summed E-state index contributed by atoms with van der Waals surface area (Å²) in [6, 6.07) is 8.35. The molecule has 13 heavy (non-hydrogen) atoms. The minimum atomic E-state index is 0.168. The van der Waals surface area contributed by atoms with E-state index in [0.717, 1.165) is 12.1 Å². The zero-order chi connectivity index (χ0) is 9.68. The smallest absolute Gasteiger partial charge is 0.0632 e. The largest absolute Gasteiger partial charge is 0.394 e. The Bertz CT molecular complexity index is 256. The Hall–Kier alpha value is -1.02. The van der Waals surface area contributed by atoms with E-state index in [-0.39, 0.29) is 12.6 Å². The van der Waals surface area contributed by atoms with Gasteiger partial charge in [-0.25, -0.2) is 0 Å². The molecule has 1 unspecified atom stereocenters. The number of aliphatic hydroxyl groups excluding tert-OH is 1. The topological polar surface area (TPSA) is 32.3 Å². The predicted molar refractivity (Wildman–Crippen MR) is 56.0 cm³/mol. The Labute approximate surface area is 79.6 Å². The molecule has 2 nitrogen and oxygen atoms in total. The minimum absolute atomic E-state index is 0.168. The number of nitrogens with one attached hydrogen (secondary N) is 1. The summed E-state index contributed by atoms with van der Waals surface area (Å²) in [7, 11) is 0. The molecule has 2 N–H and O–H groups in total. The van der Waals surface area contributed by atoms with Crippen molar-refractivity contribution in [1.82, 2.24) is 0 Å². The van der Waals surface area contributed by atoms with Gasteiger partial charge in [0.25, 0.3) is 0 Å². The molecule has 0 radical (unpaired) electrons. The molecule has 0 aliphatic carbocycles. The van der Waals surface area contributed by atoms with Crippen molar-refractivity contribution in [3.05, 3.63) is 29.8 Å². The van der Waals surface area contributed by atoms with Crippen LogP contribution in [0.3, 0.4) is 0 Å². The first-order valence-electron chi connectivity index (χ1n) is 4.70. The lowest BCUT2D eigenvalue weighted by atomic mass is 10.2. The Morgan fingerprint density at radius 3 is 2.77 bits per heavy atom. The van der Waals surface area contributed by atoms with Gasteiger partial charge in [-0.1, -0.05) is 19.1 Å². The third-order valence-corrected chi connectivity index (χ3v) is 2.10. The molecular formula is C11H17NO. The predicted octanol–water partition coefficient (Wildman–Crippen LogP) is 2.18. The Morgan fingerprint density at radius 2 is 2.23 bits per heavy atom. The second-order valence-electron chi connectivity index (χ2n) is 3.30. The lowest BCUT2D eigenvalue weighted by molar-refractivity contribution is 0.272. The SMILES string of the molecule is CCC(CO)Nc1cccc(C)c1. The van der Waals surface area contributed by atoms with Crippen LogP contribution in [0.5, 0.6) is 0 Å². The van der Waals surface area contributed by atoms with E-state index >= 15 is 0 Å². The van der Waals surface area contributed by atoms with Crippen LogP contribution in [0.25, 0.3) is 0 Å². The lowest BCUT2D eigenvalue weighted by Gasteiger charge is -2.15. The number of aryl methyl sites for hydroxylation is 1. The summed E-state index contributed by atoms with van der Waals surface area (Å²) in [4.78, 5) is 0. The number of rotatable bonds is 4. The van der Waals surface area contributed by atoms with Crippen molar-refractivity contribution in [1.29, 1.82) is 0 Å². The molecule has 0 aliphatic heterocycles. The van der Waals surface area contributed by atoms with Gasteiger partial charge in [-0.2, -0.15) is 0 Å². The Balaban J connectivity index is 2.62. The van der Waals surface area contributed by atoms with Gasteiger partial charge in [0.1, 0.15) is 0 Å². The van der Waals surface area contributed by atoms with Crippen LogP contribution < -0.4 is 5.32 Å². The van der Waals surface area contributed by atoms with Crippen molar-refractivity contribution >= 4 is 5.69 Å². The maximum Gasteiger partial charge on any atom is 0.0632 e. The monoisotopic (exact) mass is 179 g/mol. The third-order valence-electron chi connectivity index (χ3n) is 2.10. The van der Waals surface area contributed by atoms with Gasteiger partial charge in [0.2, 0.25) is 0 Å². The molecule has 72 valence electrons. The van der Waals surface area contributed by atoms with Crippen LogP contribution in [0.4, 0.5) is 5.69 Å². The van der Waals surface area contributed by atoms with Gasteiger partial charge < -0.3 is 10.4 Å². The van der Waals surface area contributed by atoms with Crippen LogP contribution in [0.2, 0.25) is 0 Å². The highest BCUT2D eigenvalue weighted by Gasteiger charge is 2.02. The minimum Gasteiger partial charge on any atom is -0.394 e. The van der Waals surface area contributed by atoms with Crippen LogP contribution in [0.15, 0.2) is 24.3 Å². The van der Waals surface area contributed by atoms with Gasteiger partial charge in [0.15, 0.2) is 0 Å². The van der Waals surface area contributed by atoms with Crippen molar-refractivity contribution in [3.63, 3.8) is 0 Å². The number of hydrogen-bond donors (Lipinski definition) is 2. The van der Waals surface area contributed by atoms with Gasteiger partial charge in [0.05, 0.1) is 6.61 Å². The van der Waals surface area contributed by atoms with Crippen molar-refractivity contribution < 1.29 is 5.11 Å².